The molecule has 0 aliphatic rings. The Bertz CT molecular complexity index is 682. The summed E-state index contributed by atoms with van der Waals surface area (Å²) < 4.78 is 5.81. The summed E-state index contributed by atoms with van der Waals surface area (Å²) in [4.78, 5) is 0. The Balaban J connectivity index is 2.07. The third-order valence-corrected chi connectivity index (χ3v) is 3.09. The highest BCUT2D eigenvalue weighted by atomic mass is 16.3. The van der Waals surface area contributed by atoms with Gasteiger partial charge in [-0.05, 0) is 30.2 Å². The summed E-state index contributed by atoms with van der Waals surface area (Å²) in [6.07, 6.45) is 0. The molecular formula is C16H17NO. The van der Waals surface area contributed by atoms with Crippen LogP contribution >= 0.6 is 0 Å². The van der Waals surface area contributed by atoms with Crippen LogP contribution < -0.4 is 5.32 Å². The molecule has 1 N–H and O–H groups in total. The zero-order chi connectivity index (χ0) is 12.5. The number of fused-ring (bicyclic) bond motifs is 3. The van der Waals surface area contributed by atoms with E-state index < -0.39 is 0 Å². The normalized spacial score (nSPS) is 11.5. The van der Waals surface area contributed by atoms with Crippen LogP contribution in [0.5, 0.6) is 0 Å². The maximum absolute atomic E-state index is 5.81. The van der Waals surface area contributed by atoms with Gasteiger partial charge in [0.05, 0.1) is 0 Å². The lowest BCUT2D eigenvalue weighted by Crippen LogP contribution is -2.07. The average molecular weight is 239 g/mol. The highest BCUT2D eigenvalue weighted by molar-refractivity contribution is 6.05. The first kappa shape index (κ1) is 11.1. The maximum Gasteiger partial charge on any atom is 0.135 e. The standard InChI is InChI=1S/C16H17NO/c1-11(2)10-17-12-7-8-16-14(9-12)13-5-3-4-6-15(13)18-16/h3-9,11,17H,10H2,1-2H3. The molecule has 0 amide bonds. The SMILES string of the molecule is CC(C)CNc1ccc2oc3ccccc3c2c1. The smallest absolute Gasteiger partial charge is 0.135 e. The number of hydrogen-bond acceptors (Lipinski definition) is 2. The quantitative estimate of drug-likeness (QED) is 0.719. The number of benzene rings is 2. The molecule has 92 valence electrons. The van der Waals surface area contributed by atoms with Crippen molar-refractivity contribution in [3.8, 4) is 0 Å². The lowest BCUT2D eigenvalue weighted by atomic mass is 10.1. The van der Waals surface area contributed by atoms with E-state index in [0.29, 0.717) is 5.92 Å². The summed E-state index contributed by atoms with van der Waals surface area (Å²) in [7, 11) is 0. The maximum atomic E-state index is 5.81. The summed E-state index contributed by atoms with van der Waals surface area (Å²) >= 11 is 0. The Morgan fingerprint density at radius 3 is 2.61 bits per heavy atom. The van der Waals surface area contributed by atoms with Gasteiger partial charge in [-0.1, -0.05) is 32.0 Å². The largest absolute Gasteiger partial charge is 0.456 e. The van der Waals surface area contributed by atoms with Crippen molar-refractivity contribution in [2.45, 2.75) is 13.8 Å². The van der Waals surface area contributed by atoms with E-state index in [9.17, 15) is 0 Å². The van der Waals surface area contributed by atoms with Gasteiger partial charge in [0.2, 0.25) is 0 Å². The molecule has 0 unspecified atom stereocenters. The van der Waals surface area contributed by atoms with Crippen LogP contribution in [0.25, 0.3) is 21.9 Å². The molecule has 2 nitrogen and oxygen atoms in total. The lowest BCUT2D eigenvalue weighted by Gasteiger charge is -2.08. The van der Waals surface area contributed by atoms with E-state index in [1.54, 1.807) is 0 Å². The van der Waals surface area contributed by atoms with Crippen LogP contribution in [0.1, 0.15) is 13.8 Å². The zero-order valence-corrected chi connectivity index (χ0v) is 10.7. The first-order valence-corrected chi connectivity index (χ1v) is 6.39. The monoisotopic (exact) mass is 239 g/mol. The van der Waals surface area contributed by atoms with E-state index in [-0.39, 0.29) is 0 Å². The van der Waals surface area contributed by atoms with Gasteiger partial charge < -0.3 is 9.73 Å². The summed E-state index contributed by atoms with van der Waals surface area (Å²) in [5.74, 6) is 0.641. The summed E-state index contributed by atoms with van der Waals surface area (Å²) in [5, 5.41) is 5.81. The molecule has 2 heteroatoms. The highest BCUT2D eigenvalue weighted by Gasteiger charge is 2.06. The van der Waals surface area contributed by atoms with Crippen molar-refractivity contribution in [1.29, 1.82) is 0 Å². The average Bonchev–Trinajstić information content (AvgIpc) is 2.74. The molecule has 0 atom stereocenters. The molecule has 3 aromatic rings. The molecule has 0 fully saturated rings. The van der Waals surface area contributed by atoms with Gasteiger partial charge in [-0.25, -0.2) is 0 Å². The fraction of sp³-hybridized carbons (Fsp3) is 0.250. The second-order valence-corrected chi connectivity index (χ2v) is 5.08. The van der Waals surface area contributed by atoms with Crippen molar-refractivity contribution in [1.82, 2.24) is 0 Å². The molecule has 0 aliphatic carbocycles. The predicted molar refractivity (Wildman–Crippen MR) is 77.0 cm³/mol. The Kier molecular flexibility index (Phi) is 2.71. The first-order chi connectivity index (χ1) is 8.74. The van der Waals surface area contributed by atoms with Crippen LogP contribution in [0.15, 0.2) is 46.9 Å². The van der Waals surface area contributed by atoms with Crippen LogP contribution in [-0.2, 0) is 0 Å². The van der Waals surface area contributed by atoms with Crippen molar-refractivity contribution in [3.05, 3.63) is 42.5 Å². The molecule has 1 aromatic heterocycles. The minimum Gasteiger partial charge on any atom is -0.456 e. The van der Waals surface area contributed by atoms with Crippen molar-refractivity contribution in [3.63, 3.8) is 0 Å². The van der Waals surface area contributed by atoms with Crippen LogP contribution in [0.2, 0.25) is 0 Å². The second-order valence-electron chi connectivity index (χ2n) is 5.08. The van der Waals surface area contributed by atoms with Gasteiger partial charge in [0.1, 0.15) is 11.2 Å². The molecule has 2 aromatic carbocycles. The molecule has 0 aliphatic heterocycles. The molecule has 1 heterocycles. The van der Waals surface area contributed by atoms with Crippen LogP contribution in [0.4, 0.5) is 5.69 Å². The zero-order valence-electron chi connectivity index (χ0n) is 10.7. The molecule has 0 spiro atoms. The van der Waals surface area contributed by atoms with Crippen molar-refractivity contribution < 1.29 is 4.42 Å². The minimum absolute atomic E-state index is 0.641. The number of hydrogen-bond donors (Lipinski definition) is 1. The summed E-state index contributed by atoms with van der Waals surface area (Å²) in [6.45, 7) is 5.40. The molecule has 3 rings (SSSR count). The molecule has 18 heavy (non-hydrogen) atoms. The third kappa shape index (κ3) is 1.94. The molecule has 0 radical (unpaired) electrons. The third-order valence-electron chi connectivity index (χ3n) is 3.09. The Morgan fingerprint density at radius 1 is 1.00 bits per heavy atom. The van der Waals surface area contributed by atoms with E-state index >= 15 is 0 Å². The Morgan fingerprint density at radius 2 is 1.78 bits per heavy atom. The minimum atomic E-state index is 0.641. The van der Waals surface area contributed by atoms with Crippen LogP contribution in [-0.4, -0.2) is 6.54 Å². The highest BCUT2D eigenvalue weighted by Crippen LogP contribution is 2.30. The molecular weight excluding hydrogens is 222 g/mol. The summed E-state index contributed by atoms with van der Waals surface area (Å²) in [5.41, 5.74) is 3.06. The van der Waals surface area contributed by atoms with Gasteiger partial charge in [0, 0.05) is 23.0 Å². The molecule has 0 bridgehead atoms. The number of anilines is 1. The number of rotatable bonds is 3. The van der Waals surface area contributed by atoms with Gasteiger partial charge in [0.25, 0.3) is 0 Å². The molecule has 0 saturated carbocycles. The van der Waals surface area contributed by atoms with E-state index in [0.717, 1.165) is 23.4 Å². The van der Waals surface area contributed by atoms with Gasteiger partial charge in [-0.2, -0.15) is 0 Å². The Hall–Kier alpha value is -1.96. The van der Waals surface area contributed by atoms with Crippen molar-refractivity contribution >= 4 is 27.6 Å². The van der Waals surface area contributed by atoms with E-state index in [1.807, 2.05) is 24.3 Å². The van der Waals surface area contributed by atoms with Gasteiger partial charge in [0.15, 0.2) is 0 Å². The van der Waals surface area contributed by atoms with E-state index in [2.05, 4.69) is 37.4 Å². The molecule has 0 saturated heterocycles. The van der Waals surface area contributed by atoms with Gasteiger partial charge >= 0.3 is 0 Å². The van der Waals surface area contributed by atoms with Crippen LogP contribution in [0, 0.1) is 5.92 Å². The van der Waals surface area contributed by atoms with E-state index in [1.165, 1.54) is 10.8 Å². The fourth-order valence-corrected chi connectivity index (χ4v) is 2.16. The predicted octanol–water partition coefficient (Wildman–Crippen LogP) is 4.65. The van der Waals surface area contributed by atoms with Crippen molar-refractivity contribution in [2.24, 2.45) is 5.92 Å². The second kappa shape index (κ2) is 4.37. The first-order valence-electron chi connectivity index (χ1n) is 6.39. The topological polar surface area (TPSA) is 25.2 Å². The van der Waals surface area contributed by atoms with Gasteiger partial charge in [-0.15, -0.1) is 0 Å². The van der Waals surface area contributed by atoms with Crippen LogP contribution in [0.3, 0.4) is 0 Å². The van der Waals surface area contributed by atoms with E-state index in [4.69, 9.17) is 4.42 Å². The van der Waals surface area contributed by atoms with Gasteiger partial charge in [-0.3, -0.25) is 0 Å². The number of furan rings is 1. The lowest BCUT2D eigenvalue weighted by molar-refractivity contribution is 0.669. The van der Waals surface area contributed by atoms with Crippen molar-refractivity contribution in [2.75, 3.05) is 11.9 Å². The fourth-order valence-electron chi connectivity index (χ4n) is 2.16. The number of nitrogens with one attached hydrogen (secondary N) is 1. The Labute approximate surface area is 107 Å². The number of para-hydroxylation sites is 1. The summed E-state index contributed by atoms with van der Waals surface area (Å²) in [6, 6.07) is 14.5.